The van der Waals surface area contributed by atoms with Crippen molar-refractivity contribution in [3.63, 3.8) is 0 Å². The van der Waals surface area contributed by atoms with Gasteiger partial charge in [0.2, 0.25) is 15.9 Å². The normalized spacial score (nSPS) is 36.1. The smallest absolute Gasteiger partial charge is 0.243 e. The third-order valence-corrected chi connectivity index (χ3v) is 10.2. The first kappa shape index (κ1) is 20.8. The van der Waals surface area contributed by atoms with Crippen LogP contribution >= 0.6 is 11.6 Å². The average Bonchev–Trinajstić information content (AvgIpc) is 2.68. The van der Waals surface area contributed by atoms with E-state index in [1.54, 1.807) is 12.1 Å². The summed E-state index contributed by atoms with van der Waals surface area (Å²) in [6.07, 6.45) is 8.80. The topological polar surface area (TPSA) is 66.5 Å². The van der Waals surface area contributed by atoms with E-state index in [0.717, 1.165) is 49.0 Å². The Kier molecular flexibility index (Phi) is 5.19. The number of carbonyl (C=O) groups excluding carboxylic acids is 1. The molecule has 5 fully saturated rings. The van der Waals surface area contributed by atoms with Gasteiger partial charge in [-0.25, -0.2) is 8.42 Å². The van der Waals surface area contributed by atoms with Crippen molar-refractivity contribution in [2.45, 2.75) is 68.7 Å². The van der Waals surface area contributed by atoms with Crippen LogP contribution in [0.5, 0.6) is 0 Å². The molecule has 0 aromatic heterocycles. The highest BCUT2D eigenvalue weighted by Crippen LogP contribution is 2.55. The second kappa shape index (κ2) is 7.49. The van der Waals surface area contributed by atoms with Crippen LogP contribution in [-0.4, -0.2) is 37.3 Å². The largest absolute Gasteiger partial charge is 0.350 e. The molecule has 0 unspecified atom stereocenters. The molecule has 1 atom stereocenters. The fraction of sp³-hybridized carbons (Fsp3) is 0.696. The van der Waals surface area contributed by atoms with E-state index >= 15 is 0 Å². The summed E-state index contributed by atoms with van der Waals surface area (Å²) in [7, 11) is -3.65. The zero-order valence-corrected chi connectivity index (χ0v) is 19.1. The number of carbonyl (C=O) groups is 1. The summed E-state index contributed by atoms with van der Waals surface area (Å²) in [5.74, 6) is 2.09. The zero-order valence-electron chi connectivity index (χ0n) is 17.6. The van der Waals surface area contributed by atoms with E-state index in [1.807, 2.05) is 6.92 Å². The van der Waals surface area contributed by atoms with Crippen LogP contribution in [0.1, 0.15) is 56.9 Å². The van der Waals surface area contributed by atoms with Crippen LogP contribution in [0.4, 0.5) is 0 Å². The van der Waals surface area contributed by atoms with Crippen molar-refractivity contribution in [2.24, 2.45) is 23.7 Å². The van der Waals surface area contributed by atoms with Gasteiger partial charge in [0, 0.05) is 23.7 Å². The molecule has 6 rings (SSSR count). The molecule has 1 heterocycles. The molecule has 0 spiro atoms. The maximum Gasteiger partial charge on any atom is 0.243 e. The van der Waals surface area contributed by atoms with Gasteiger partial charge in [0.05, 0.1) is 10.8 Å². The molecule has 4 saturated carbocycles. The molecule has 1 aromatic rings. The van der Waals surface area contributed by atoms with Crippen LogP contribution in [-0.2, 0) is 14.8 Å². The molecular weight excluding hydrogens is 420 g/mol. The summed E-state index contributed by atoms with van der Waals surface area (Å²) >= 11 is 6.16. The van der Waals surface area contributed by atoms with Crippen LogP contribution < -0.4 is 5.32 Å². The molecule has 5 aliphatic rings. The van der Waals surface area contributed by atoms with E-state index in [1.165, 1.54) is 29.6 Å². The Morgan fingerprint density at radius 2 is 1.77 bits per heavy atom. The van der Waals surface area contributed by atoms with E-state index in [9.17, 15) is 13.2 Å². The quantitative estimate of drug-likeness (QED) is 0.749. The Morgan fingerprint density at radius 3 is 2.37 bits per heavy atom. The number of aryl methyl sites for hydroxylation is 1. The number of rotatable bonds is 4. The van der Waals surface area contributed by atoms with Crippen LogP contribution in [0.25, 0.3) is 0 Å². The number of benzene rings is 1. The molecule has 4 bridgehead atoms. The highest BCUT2D eigenvalue weighted by molar-refractivity contribution is 7.89. The molecule has 4 aliphatic carbocycles. The van der Waals surface area contributed by atoms with Crippen molar-refractivity contribution >= 4 is 27.5 Å². The molecule has 1 N–H and O–H groups in total. The van der Waals surface area contributed by atoms with Crippen LogP contribution in [0.15, 0.2) is 23.1 Å². The van der Waals surface area contributed by atoms with Gasteiger partial charge in [0.1, 0.15) is 0 Å². The second-order valence-electron chi connectivity index (χ2n) is 10.3. The lowest BCUT2D eigenvalue weighted by Gasteiger charge is -2.57. The first-order valence-electron chi connectivity index (χ1n) is 11.3. The molecule has 0 radical (unpaired) electrons. The minimum atomic E-state index is -3.65. The lowest BCUT2D eigenvalue weighted by Crippen LogP contribution is -2.61. The van der Waals surface area contributed by atoms with E-state index < -0.39 is 10.0 Å². The number of nitrogens with zero attached hydrogens (tertiary/aromatic N) is 1. The summed E-state index contributed by atoms with van der Waals surface area (Å²) in [4.78, 5) is 13.4. The highest BCUT2D eigenvalue weighted by Gasteiger charge is 2.52. The fourth-order valence-electron chi connectivity index (χ4n) is 6.88. The second-order valence-corrected chi connectivity index (χ2v) is 12.6. The molecule has 164 valence electrons. The number of halogens is 1. The van der Waals surface area contributed by atoms with E-state index in [0.29, 0.717) is 18.0 Å². The number of amides is 1. The summed E-state index contributed by atoms with van der Waals surface area (Å²) in [5.41, 5.74) is 0.819. The summed E-state index contributed by atoms with van der Waals surface area (Å²) < 4.78 is 27.8. The Labute approximate surface area is 184 Å². The minimum Gasteiger partial charge on any atom is -0.350 e. The van der Waals surface area contributed by atoms with Crippen molar-refractivity contribution in [1.29, 1.82) is 0 Å². The summed E-state index contributed by atoms with van der Waals surface area (Å²) in [6.45, 7) is 2.56. The van der Waals surface area contributed by atoms with Crippen LogP contribution in [0.3, 0.4) is 0 Å². The summed E-state index contributed by atoms with van der Waals surface area (Å²) in [6, 6.07) is 4.86. The Balaban J connectivity index is 1.29. The molecule has 5 nitrogen and oxygen atoms in total. The van der Waals surface area contributed by atoms with E-state index in [-0.39, 0.29) is 28.8 Å². The van der Waals surface area contributed by atoms with Crippen LogP contribution in [0.2, 0.25) is 5.02 Å². The fourth-order valence-corrected chi connectivity index (χ4v) is 8.68. The van der Waals surface area contributed by atoms with Crippen LogP contribution in [0, 0.1) is 30.6 Å². The van der Waals surface area contributed by atoms with Gasteiger partial charge in [-0.2, -0.15) is 4.31 Å². The molecule has 1 aromatic carbocycles. The number of hydrogen-bond acceptors (Lipinski definition) is 3. The van der Waals surface area contributed by atoms with Crippen molar-refractivity contribution in [2.75, 3.05) is 13.1 Å². The summed E-state index contributed by atoms with van der Waals surface area (Å²) in [5, 5.41) is 3.89. The Hall–Kier alpha value is -1.11. The third-order valence-electron chi connectivity index (χ3n) is 7.96. The van der Waals surface area contributed by atoms with Gasteiger partial charge in [-0.3, -0.25) is 4.79 Å². The molecule has 1 saturated heterocycles. The van der Waals surface area contributed by atoms with Gasteiger partial charge in [-0.1, -0.05) is 17.7 Å². The van der Waals surface area contributed by atoms with Crippen molar-refractivity contribution < 1.29 is 13.2 Å². The lowest BCUT2D eigenvalue weighted by atomic mass is 9.53. The average molecular weight is 451 g/mol. The molecular formula is C23H31ClN2O3S. The van der Waals surface area contributed by atoms with Gasteiger partial charge >= 0.3 is 0 Å². The van der Waals surface area contributed by atoms with Gasteiger partial charge < -0.3 is 5.32 Å². The van der Waals surface area contributed by atoms with Gasteiger partial charge in [-0.05, 0) is 93.7 Å². The molecule has 7 heteroatoms. The maximum absolute atomic E-state index is 13.2. The zero-order chi connectivity index (χ0) is 21.1. The van der Waals surface area contributed by atoms with Gasteiger partial charge in [-0.15, -0.1) is 0 Å². The Morgan fingerprint density at radius 1 is 1.13 bits per heavy atom. The molecule has 1 aliphatic heterocycles. The highest BCUT2D eigenvalue weighted by atomic mass is 35.5. The number of sulfonamides is 1. The Bertz CT molecular complexity index is 926. The maximum atomic E-state index is 13.2. The number of nitrogens with one attached hydrogen (secondary N) is 1. The van der Waals surface area contributed by atoms with Crippen molar-refractivity contribution in [1.82, 2.24) is 9.62 Å². The number of hydrogen-bond donors (Lipinski definition) is 1. The van der Waals surface area contributed by atoms with Crippen molar-refractivity contribution in [3.8, 4) is 0 Å². The number of piperidine rings is 1. The molecule has 30 heavy (non-hydrogen) atoms. The van der Waals surface area contributed by atoms with E-state index in [2.05, 4.69) is 5.32 Å². The minimum absolute atomic E-state index is 0.0303. The predicted octanol–water partition coefficient (Wildman–Crippen LogP) is 4.13. The first-order valence-corrected chi connectivity index (χ1v) is 13.1. The van der Waals surface area contributed by atoms with Gasteiger partial charge in [0.15, 0.2) is 0 Å². The SMILES string of the molecule is Cc1ccc(S(=O)(=O)N2CCC[C@@H](C(=O)NC34CC5CC(CC(C5)C3)C4)C2)cc1Cl. The van der Waals surface area contributed by atoms with E-state index in [4.69, 9.17) is 11.6 Å². The van der Waals surface area contributed by atoms with Gasteiger partial charge in [0.25, 0.3) is 0 Å². The predicted molar refractivity (Wildman–Crippen MR) is 117 cm³/mol. The standard InChI is InChI=1S/C23H31ClN2O3S/c1-15-4-5-20(10-21(15)24)30(28,29)26-6-2-3-19(14-26)22(27)25-23-11-16-7-17(12-23)9-18(8-16)13-23/h4-5,10,16-19H,2-3,6-9,11-14H2,1H3,(H,25,27)/t16?,17?,18?,19-,23?/m1/s1. The lowest BCUT2D eigenvalue weighted by molar-refractivity contribution is -0.131. The van der Waals surface area contributed by atoms with Crippen molar-refractivity contribution in [3.05, 3.63) is 28.8 Å². The third kappa shape index (κ3) is 3.69. The molecule has 1 amide bonds. The monoisotopic (exact) mass is 450 g/mol. The first-order chi connectivity index (χ1) is 14.2.